The molecule has 0 amide bonds. The molecule has 0 saturated carbocycles. The van der Waals surface area contributed by atoms with Crippen molar-refractivity contribution in [3.8, 4) is 0 Å². The van der Waals surface area contributed by atoms with Gasteiger partial charge in [0.15, 0.2) is 0 Å². The summed E-state index contributed by atoms with van der Waals surface area (Å²) >= 11 is 0. The molecule has 0 bridgehead atoms. The summed E-state index contributed by atoms with van der Waals surface area (Å²) in [7, 11) is 0. The number of hydrogen-bond donors (Lipinski definition) is 1. The van der Waals surface area contributed by atoms with E-state index < -0.39 is 0 Å². The van der Waals surface area contributed by atoms with Crippen molar-refractivity contribution in [3.63, 3.8) is 0 Å². The van der Waals surface area contributed by atoms with Gasteiger partial charge >= 0.3 is 0 Å². The highest BCUT2D eigenvalue weighted by Gasteiger charge is 2.09. The van der Waals surface area contributed by atoms with Crippen molar-refractivity contribution < 1.29 is 9.50 Å². The molecule has 0 unspecified atom stereocenters. The summed E-state index contributed by atoms with van der Waals surface area (Å²) in [5.74, 6) is 0.0484. The van der Waals surface area contributed by atoms with Crippen molar-refractivity contribution in [1.82, 2.24) is 0 Å². The molecule has 1 aromatic rings. The highest BCUT2D eigenvalue weighted by Crippen LogP contribution is 2.22. The van der Waals surface area contributed by atoms with Crippen molar-refractivity contribution in [2.24, 2.45) is 0 Å². The van der Waals surface area contributed by atoms with Gasteiger partial charge in [-0.25, -0.2) is 4.39 Å². The lowest BCUT2D eigenvalue weighted by atomic mass is 9.96. The van der Waals surface area contributed by atoms with E-state index in [9.17, 15) is 4.39 Å². The minimum atomic E-state index is -0.140. The van der Waals surface area contributed by atoms with E-state index in [1.54, 1.807) is 6.07 Å². The Hall–Kier alpha value is -0.890. The Morgan fingerprint density at radius 1 is 1.36 bits per heavy atom. The van der Waals surface area contributed by atoms with Gasteiger partial charge in [0.1, 0.15) is 5.82 Å². The lowest BCUT2D eigenvalue weighted by Crippen LogP contribution is -2.00. The standard InChI is InChI=1S/C12H17FO/c1-8(2)11-7-10(4-5-14)9(3)6-12(11)13/h6-8,14H,4-5H2,1-3H3. The fourth-order valence-corrected chi connectivity index (χ4v) is 1.57. The first-order chi connectivity index (χ1) is 6.56. The predicted molar refractivity (Wildman–Crippen MR) is 56.0 cm³/mol. The van der Waals surface area contributed by atoms with E-state index >= 15 is 0 Å². The van der Waals surface area contributed by atoms with Crippen LogP contribution in [0.2, 0.25) is 0 Å². The van der Waals surface area contributed by atoms with Crippen molar-refractivity contribution in [2.75, 3.05) is 6.61 Å². The fraction of sp³-hybridized carbons (Fsp3) is 0.500. The monoisotopic (exact) mass is 196 g/mol. The molecule has 0 aromatic heterocycles. The van der Waals surface area contributed by atoms with Crippen LogP contribution in [0.1, 0.15) is 36.5 Å². The van der Waals surface area contributed by atoms with Gasteiger partial charge in [0.25, 0.3) is 0 Å². The fourth-order valence-electron chi connectivity index (χ4n) is 1.57. The molecule has 2 heteroatoms. The van der Waals surface area contributed by atoms with Crippen LogP contribution in [0, 0.1) is 12.7 Å². The Labute approximate surface area is 84.6 Å². The van der Waals surface area contributed by atoms with Gasteiger partial charge in [0.2, 0.25) is 0 Å². The summed E-state index contributed by atoms with van der Waals surface area (Å²) < 4.78 is 13.5. The second-order valence-electron chi connectivity index (χ2n) is 3.93. The zero-order valence-corrected chi connectivity index (χ0v) is 8.97. The third kappa shape index (κ3) is 2.32. The zero-order chi connectivity index (χ0) is 10.7. The minimum absolute atomic E-state index is 0.115. The number of aliphatic hydroxyl groups excluding tert-OH is 1. The maximum Gasteiger partial charge on any atom is 0.126 e. The molecule has 0 aliphatic rings. The first kappa shape index (κ1) is 11.2. The van der Waals surface area contributed by atoms with Gasteiger partial charge in [0.05, 0.1) is 0 Å². The van der Waals surface area contributed by atoms with Crippen LogP contribution in [0.25, 0.3) is 0 Å². The lowest BCUT2D eigenvalue weighted by molar-refractivity contribution is 0.299. The first-order valence-electron chi connectivity index (χ1n) is 4.96. The molecule has 0 aliphatic heterocycles. The lowest BCUT2D eigenvalue weighted by Gasteiger charge is -2.11. The topological polar surface area (TPSA) is 20.2 Å². The summed E-state index contributed by atoms with van der Waals surface area (Å²) in [5.41, 5.74) is 2.69. The predicted octanol–water partition coefficient (Wildman–Crippen LogP) is 2.79. The molecule has 1 rings (SSSR count). The van der Waals surface area contributed by atoms with E-state index in [4.69, 9.17) is 5.11 Å². The number of benzene rings is 1. The Bertz CT molecular complexity index is 318. The highest BCUT2D eigenvalue weighted by atomic mass is 19.1. The number of hydrogen-bond acceptors (Lipinski definition) is 1. The first-order valence-corrected chi connectivity index (χ1v) is 4.96. The Morgan fingerprint density at radius 3 is 2.50 bits per heavy atom. The molecule has 0 spiro atoms. The van der Waals surface area contributed by atoms with Crippen molar-refractivity contribution in [2.45, 2.75) is 33.1 Å². The van der Waals surface area contributed by atoms with Crippen LogP contribution in [-0.4, -0.2) is 11.7 Å². The number of aryl methyl sites for hydroxylation is 1. The summed E-state index contributed by atoms with van der Waals surface area (Å²) in [4.78, 5) is 0. The Kier molecular flexibility index (Phi) is 3.64. The van der Waals surface area contributed by atoms with Gasteiger partial charge in [-0.15, -0.1) is 0 Å². The van der Waals surface area contributed by atoms with Crippen molar-refractivity contribution in [1.29, 1.82) is 0 Å². The minimum Gasteiger partial charge on any atom is -0.396 e. The van der Waals surface area contributed by atoms with E-state index in [0.717, 1.165) is 16.7 Å². The van der Waals surface area contributed by atoms with Gasteiger partial charge in [-0.3, -0.25) is 0 Å². The number of halogens is 1. The molecule has 0 fully saturated rings. The molecular weight excluding hydrogens is 179 g/mol. The van der Waals surface area contributed by atoms with Crippen LogP contribution >= 0.6 is 0 Å². The SMILES string of the molecule is Cc1cc(F)c(C(C)C)cc1CCO. The molecule has 0 atom stereocenters. The Morgan fingerprint density at radius 2 is 2.00 bits per heavy atom. The van der Waals surface area contributed by atoms with Crippen LogP contribution in [0.3, 0.4) is 0 Å². The summed E-state index contributed by atoms with van der Waals surface area (Å²) in [6.07, 6.45) is 0.603. The van der Waals surface area contributed by atoms with Crippen LogP contribution in [0.15, 0.2) is 12.1 Å². The molecule has 14 heavy (non-hydrogen) atoms. The van der Waals surface area contributed by atoms with E-state index in [-0.39, 0.29) is 18.3 Å². The van der Waals surface area contributed by atoms with Crippen LogP contribution in [0.5, 0.6) is 0 Å². The second-order valence-corrected chi connectivity index (χ2v) is 3.93. The van der Waals surface area contributed by atoms with Crippen LogP contribution < -0.4 is 0 Å². The van der Waals surface area contributed by atoms with E-state index in [2.05, 4.69) is 0 Å². The molecule has 78 valence electrons. The number of aliphatic hydroxyl groups is 1. The second kappa shape index (κ2) is 4.56. The molecule has 1 nitrogen and oxygen atoms in total. The van der Waals surface area contributed by atoms with E-state index in [0.29, 0.717) is 6.42 Å². The van der Waals surface area contributed by atoms with E-state index in [1.165, 1.54) is 0 Å². The average molecular weight is 196 g/mol. The molecule has 1 aromatic carbocycles. The van der Waals surface area contributed by atoms with Crippen LogP contribution in [-0.2, 0) is 6.42 Å². The largest absolute Gasteiger partial charge is 0.396 e. The average Bonchev–Trinajstić information content (AvgIpc) is 2.09. The van der Waals surface area contributed by atoms with Gasteiger partial charge in [-0.2, -0.15) is 0 Å². The molecule has 1 N–H and O–H groups in total. The Balaban J connectivity index is 3.13. The van der Waals surface area contributed by atoms with Gasteiger partial charge in [-0.05, 0) is 42.0 Å². The highest BCUT2D eigenvalue weighted by molar-refractivity contribution is 5.34. The van der Waals surface area contributed by atoms with Crippen molar-refractivity contribution >= 4 is 0 Å². The smallest absolute Gasteiger partial charge is 0.126 e. The maximum absolute atomic E-state index is 13.5. The molecule has 0 radical (unpaired) electrons. The summed E-state index contributed by atoms with van der Waals surface area (Å²) in [6, 6.07) is 3.42. The molecular formula is C12H17FO. The van der Waals surface area contributed by atoms with Crippen molar-refractivity contribution in [3.05, 3.63) is 34.6 Å². The summed E-state index contributed by atoms with van der Waals surface area (Å²) in [5, 5.41) is 8.85. The molecule has 0 saturated heterocycles. The van der Waals surface area contributed by atoms with E-state index in [1.807, 2.05) is 26.8 Å². The van der Waals surface area contributed by atoms with Gasteiger partial charge in [0, 0.05) is 6.61 Å². The van der Waals surface area contributed by atoms with Gasteiger partial charge < -0.3 is 5.11 Å². The maximum atomic E-state index is 13.5. The molecule has 0 aliphatic carbocycles. The van der Waals surface area contributed by atoms with Gasteiger partial charge in [-0.1, -0.05) is 19.9 Å². The third-order valence-electron chi connectivity index (χ3n) is 2.46. The third-order valence-corrected chi connectivity index (χ3v) is 2.46. The normalized spacial score (nSPS) is 11.0. The zero-order valence-electron chi connectivity index (χ0n) is 8.97. The summed E-state index contributed by atoms with van der Waals surface area (Å²) in [6.45, 7) is 5.93. The van der Waals surface area contributed by atoms with Crippen LogP contribution in [0.4, 0.5) is 4.39 Å². The molecule has 0 heterocycles. The number of rotatable bonds is 3. The quantitative estimate of drug-likeness (QED) is 0.788.